The third-order valence-corrected chi connectivity index (χ3v) is 4.35. The molecule has 116 valence electrons. The van der Waals surface area contributed by atoms with Crippen LogP contribution in [0.2, 0.25) is 0 Å². The number of piperidine rings is 1. The summed E-state index contributed by atoms with van der Waals surface area (Å²) in [4.78, 5) is 6.86. The van der Waals surface area contributed by atoms with Crippen molar-refractivity contribution in [2.45, 2.75) is 57.7 Å². The molecule has 5 heteroatoms. The quantitative estimate of drug-likeness (QED) is 0.601. The zero-order valence-electron chi connectivity index (χ0n) is 13.2. The van der Waals surface area contributed by atoms with Crippen molar-refractivity contribution in [2.75, 3.05) is 33.3 Å². The maximum atomic E-state index is 5.63. The molecule has 0 saturated carbocycles. The number of rotatable bonds is 4. The summed E-state index contributed by atoms with van der Waals surface area (Å²) in [5.74, 6) is 0.920. The van der Waals surface area contributed by atoms with Gasteiger partial charge < -0.3 is 20.3 Å². The lowest BCUT2D eigenvalue weighted by Gasteiger charge is -2.35. The molecular formula is C15H30N4O. The van der Waals surface area contributed by atoms with Crippen molar-refractivity contribution in [3.63, 3.8) is 0 Å². The molecule has 0 aliphatic carbocycles. The highest BCUT2D eigenvalue weighted by Gasteiger charge is 2.22. The van der Waals surface area contributed by atoms with Gasteiger partial charge in [-0.05, 0) is 39.5 Å². The summed E-state index contributed by atoms with van der Waals surface area (Å²) < 4.78 is 5.63. The van der Waals surface area contributed by atoms with Crippen LogP contribution < -0.4 is 10.6 Å². The number of hydrogen-bond donors (Lipinski definition) is 2. The third kappa shape index (κ3) is 4.63. The molecule has 2 N–H and O–H groups in total. The Morgan fingerprint density at radius 3 is 2.60 bits per heavy atom. The summed E-state index contributed by atoms with van der Waals surface area (Å²) in [5, 5.41) is 6.94. The van der Waals surface area contributed by atoms with E-state index in [0.29, 0.717) is 18.2 Å². The molecule has 2 fully saturated rings. The molecule has 0 bridgehead atoms. The van der Waals surface area contributed by atoms with Crippen LogP contribution in [0.5, 0.6) is 0 Å². The second-order valence-corrected chi connectivity index (χ2v) is 6.14. The van der Waals surface area contributed by atoms with E-state index in [1.54, 1.807) is 0 Å². The molecule has 0 aromatic rings. The number of likely N-dealkylation sites (tertiary alicyclic amines) is 1. The standard InChI is InChI=1S/C15H30N4O/c1-12(2)19-8-6-13(7-9-19)18-15(16-3)17-11-14-5-4-10-20-14/h12-14H,4-11H2,1-3H3,(H2,16,17,18). The molecule has 2 saturated heterocycles. The average Bonchev–Trinajstić information content (AvgIpc) is 2.97. The van der Waals surface area contributed by atoms with Gasteiger partial charge in [-0.15, -0.1) is 0 Å². The summed E-state index contributed by atoms with van der Waals surface area (Å²) >= 11 is 0. The topological polar surface area (TPSA) is 48.9 Å². The average molecular weight is 282 g/mol. The Morgan fingerprint density at radius 2 is 2.05 bits per heavy atom. The van der Waals surface area contributed by atoms with Crippen LogP contribution in [0, 0.1) is 0 Å². The van der Waals surface area contributed by atoms with Gasteiger partial charge in [-0.3, -0.25) is 4.99 Å². The van der Waals surface area contributed by atoms with Crippen LogP contribution in [0.25, 0.3) is 0 Å². The Kier molecular flexibility index (Phi) is 6.10. The Labute approximate surface area is 123 Å². The van der Waals surface area contributed by atoms with Crippen molar-refractivity contribution in [1.82, 2.24) is 15.5 Å². The fraction of sp³-hybridized carbons (Fsp3) is 0.933. The fourth-order valence-electron chi connectivity index (χ4n) is 2.96. The molecular weight excluding hydrogens is 252 g/mol. The minimum absolute atomic E-state index is 0.358. The number of nitrogens with zero attached hydrogens (tertiary/aromatic N) is 2. The summed E-state index contributed by atoms with van der Waals surface area (Å²) in [6, 6.07) is 1.20. The number of aliphatic imine (C=N–C) groups is 1. The van der Waals surface area contributed by atoms with E-state index in [1.165, 1.54) is 32.4 Å². The smallest absolute Gasteiger partial charge is 0.191 e. The van der Waals surface area contributed by atoms with E-state index in [2.05, 4.69) is 34.4 Å². The van der Waals surface area contributed by atoms with Gasteiger partial charge in [0.1, 0.15) is 0 Å². The summed E-state index contributed by atoms with van der Waals surface area (Å²) in [5.41, 5.74) is 0. The van der Waals surface area contributed by atoms with Gasteiger partial charge >= 0.3 is 0 Å². The number of nitrogens with one attached hydrogen (secondary N) is 2. The zero-order chi connectivity index (χ0) is 14.4. The lowest BCUT2D eigenvalue weighted by Crippen LogP contribution is -2.50. The third-order valence-electron chi connectivity index (χ3n) is 4.35. The van der Waals surface area contributed by atoms with Crippen LogP contribution in [0.4, 0.5) is 0 Å². The van der Waals surface area contributed by atoms with Crippen LogP contribution in [0.15, 0.2) is 4.99 Å². The van der Waals surface area contributed by atoms with Gasteiger partial charge in [0.05, 0.1) is 6.10 Å². The van der Waals surface area contributed by atoms with Crippen LogP contribution >= 0.6 is 0 Å². The van der Waals surface area contributed by atoms with Crippen LogP contribution in [-0.2, 0) is 4.74 Å². The van der Waals surface area contributed by atoms with E-state index in [0.717, 1.165) is 25.5 Å². The van der Waals surface area contributed by atoms with E-state index in [-0.39, 0.29) is 0 Å². The lowest BCUT2D eigenvalue weighted by molar-refractivity contribution is 0.113. The highest BCUT2D eigenvalue weighted by Crippen LogP contribution is 2.13. The van der Waals surface area contributed by atoms with E-state index in [9.17, 15) is 0 Å². The maximum absolute atomic E-state index is 5.63. The van der Waals surface area contributed by atoms with Crippen molar-refractivity contribution in [1.29, 1.82) is 0 Å². The van der Waals surface area contributed by atoms with E-state index >= 15 is 0 Å². The second kappa shape index (κ2) is 7.84. The maximum Gasteiger partial charge on any atom is 0.191 e. The minimum atomic E-state index is 0.358. The van der Waals surface area contributed by atoms with Crippen LogP contribution in [-0.4, -0.2) is 62.3 Å². The first-order valence-corrected chi connectivity index (χ1v) is 8.02. The molecule has 0 radical (unpaired) electrons. The van der Waals surface area contributed by atoms with Crippen LogP contribution in [0.3, 0.4) is 0 Å². The number of ether oxygens (including phenoxy) is 1. The molecule has 2 aliphatic rings. The van der Waals surface area contributed by atoms with Crippen molar-refractivity contribution in [2.24, 2.45) is 4.99 Å². The highest BCUT2D eigenvalue weighted by atomic mass is 16.5. The van der Waals surface area contributed by atoms with E-state index < -0.39 is 0 Å². The molecule has 5 nitrogen and oxygen atoms in total. The normalized spacial score (nSPS) is 26.2. The van der Waals surface area contributed by atoms with E-state index in [1.807, 2.05) is 7.05 Å². The highest BCUT2D eigenvalue weighted by molar-refractivity contribution is 5.80. The largest absolute Gasteiger partial charge is 0.376 e. The first kappa shape index (κ1) is 15.6. The van der Waals surface area contributed by atoms with Crippen molar-refractivity contribution in [3.05, 3.63) is 0 Å². The zero-order valence-corrected chi connectivity index (χ0v) is 13.2. The van der Waals surface area contributed by atoms with Crippen LogP contribution in [0.1, 0.15) is 39.5 Å². The molecule has 2 heterocycles. The van der Waals surface area contributed by atoms with Crippen molar-refractivity contribution >= 4 is 5.96 Å². The molecule has 0 aromatic heterocycles. The minimum Gasteiger partial charge on any atom is -0.376 e. The molecule has 20 heavy (non-hydrogen) atoms. The number of guanidine groups is 1. The Bertz CT molecular complexity index is 305. The summed E-state index contributed by atoms with van der Waals surface area (Å²) in [7, 11) is 1.84. The number of hydrogen-bond acceptors (Lipinski definition) is 3. The summed E-state index contributed by atoms with van der Waals surface area (Å²) in [6.45, 7) is 8.68. The SMILES string of the molecule is CN=C(NCC1CCCO1)NC1CCN(C(C)C)CC1. The van der Waals surface area contributed by atoms with Gasteiger partial charge in [0.2, 0.25) is 0 Å². The van der Waals surface area contributed by atoms with Gasteiger partial charge in [0, 0.05) is 45.4 Å². The molecule has 0 spiro atoms. The predicted molar refractivity (Wildman–Crippen MR) is 83.2 cm³/mol. The van der Waals surface area contributed by atoms with Crippen molar-refractivity contribution in [3.8, 4) is 0 Å². The Hall–Kier alpha value is -0.810. The lowest BCUT2D eigenvalue weighted by atomic mass is 10.0. The van der Waals surface area contributed by atoms with Gasteiger partial charge in [0.25, 0.3) is 0 Å². The van der Waals surface area contributed by atoms with E-state index in [4.69, 9.17) is 4.74 Å². The first-order valence-electron chi connectivity index (χ1n) is 8.02. The monoisotopic (exact) mass is 282 g/mol. The van der Waals surface area contributed by atoms with Gasteiger partial charge in [-0.25, -0.2) is 0 Å². The van der Waals surface area contributed by atoms with Gasteiger partial charge in [0.15, 0.2) is 5.96 Å². The molecule has 0 amide bonds. The molecule has 2 rings (SSSR count). The predicted octanol–water partition coefficient (Wildman–Crippen LogP) is 1.20. The molecule has 1 atom stereocenters. The fourth-order valence-corrected chi connectivity index (χ4v) is 2.96. The van der Waals surface area contributed by atoms with Crippen molar-refractivity contribution < 1.29 is 4.74 Å². The second-order valence-electron chi connectivity index (χ2n) is 6.14. The Morgan fingerprint density at radius 1 is 1.30 bits per heavy atom. The molecule has 2 aliphatic heterocycles. The summed E-state index contributed by atoms with van der Waals surface area (Å²) in [6.07, 6.45) is 5.09. The molecule has 1 unspecified atom stereocenters. The molecule has 0 aromatic carbocycles. The van der Waals surface area contributed by atoms with Gasteiger partial charge in [-0.2, -0.15) is 0 Å². The Balaban J connectivity index is 1.68. The first-order chi connectivity index (χ1) is 9.69. The van der Waals surface area contributed by atoms with Gasteiger partial charge in [-0.1, -0.05) is 0 Å².